The van der Waals surface area contributed by atoms with Gasteiger partial charge in [0.2, 0.25) is 5.91 Å². The Morgan fingerprint density at radius 3 is 3.20 bits per heavy atom. The smallest absolute Gasteiger partial charge is 0.226 e. The number of anilines is 1. The van der Waals surface area contributed by atoms with E-state index in [9.17, 15) is 4.79 Å². The average Bonchev–Trinajstić information content (AvgIpc) is 2.83. The normalized spacial score (nSPS) is 20.0. The minimum absolute atomic E-state index is 0.0393. The first-order valence-electron chi connectivity index (χ1n) is 7.23. The number of piperidine rings is 1. The Kier molecular flexibility index (Phi) is 5.55. The molecular formula is C14H23N3O3. The summed E-state index contributed by atoms with van der Waals surface area (Å²) in [7, 11) is 0. The van der Waals surface area contributed by atoms with Crippen molar-refractivity contribution in [1.29, 1.82) is 0 Å². The number of hydrogen-bond donors (Lipinski definition) is 2. The third kappa shape index (κ3) is 4.61. The summed E-state index contributed by atoms with van der Waals surface area (Å²) in [5.41, 5.74) is 0. The van der Waals surface area contributed by atoms with E-state index < -0.39 is 0 Å². The minimum atomic E-state index is -0.0393. The van der Waals surface area contributed by atoms with Crippen LogP contribution >= 0.6 is 0 Å². The molecule has 1 saturated heterocycles. The summed E-state index contributed by atoms with van der Waals surface area (Å²) in [4.78, 5) is 14.1. The predicted molar refractivity (Wildman–Crippen MR) is 75.4 cm³/mol. The maximum absolute atomic E-state index is 11.8. The van der Waals surface area contributed by atoms with Crippen molar-refractivity contribution in [1.82, 2.24) is 10.1 Å². The van der Waals surface area contributed by atoms with Crippen molar-refractivity contribution in [2.75, 3.05) is 31.6 Å². The fourth-order valence-electron chi connectivity index (χ4n) is 2.66. The number of aliphatic hydroxyl groups excluding tert-OH is 1. The van der Waals surface area contributed by atoms with Gasteiger partial charge in [-0.25, -0.2) is 0 Å². The van der Waals surface area contributed by atoms with Crippen molar-refractivity contribution in [3.63, 3.8) is 0 Å². The summed E-state index contributed by atoms with van der Waals surface area (Å²) < 4.78 is 4.90. The second-order valence-corrected chi connectivity index (χ2v) is 5.44. The number of carbonyl (C=O) groups is 1. The fraction of sp³-hybridized carbons (Fsp3) is 0.714. The highest BCUT2D eigenvalue weighted by Crippen LogP contribution is 2.19. The van der Waals surface area contributed by atoms with Gasteiger partial charge in [0.15, 0.2) is 5.82 Å². The zero-order chi connectivity index (χ0) is 14.4. The SMILES string of the molecule is Cc1cc(NC(=O)CCN2CCCC(CCO)C2)no1. The Morgan fingerprint density at radius 1 is 1.65 bits per heavy atom. The third-order valence-electron chi connectivity index (χ3n) is 3.69. The van der Waals surface area contributed by atoms with Gasteiger partial charge in [0, 0.05) is 32.2 Å². The zero-order valence-corrected chi connectivity index (χ0v) is 12.0. The maximum atomic E-state index is 11.8. The Bertz CT molecular complexity index is 431. The van der Waals surface area contributed by atoms with Gasteiger partial charge in [-0.2, -0.15) is 0 Å². The van der Waals surface area contributed by atoms with E-state index in [-0.39, 0.29) is 12.5 Å². The number of nitrogens with zero attached hydrogens (tertiary/aromatic N) is 2. The van der Waals surface area contributed by atoms with Gasteiger partial charge in [0.1, 0.15) is 5.76 Å². The molecule has 20 heavy (non-hydrogen) atoms. The highest BCUT2D eigenvalue weighted by Gasteiger charge is 2.19. The van der Waals surface area contributed by atoms with E-state index >= 15 is 0 Å². The van der Waals surface area contributed by atoms with Gasteiger partial charge in [-0.1, -0.05) is 5.16 Å². The molecule has 0 aliphatic carbocycles. The molecule has 2 rings (SSSR count). The third-order valence-corrected chi connectivity index (χ3v) is 3.69. The molecule has 0 spiro atoms. The van der Waals surface area contributed by atoms with Gasteiger partial charge in [0.05, 0.1) is 0 Å². The number of rotatable bonds is 6. The van der Waals surface area contributed by atoms with E-state index in [2.05, 4.69) is 15.4 Å². The van der Waals surface area contributed by atoms with Crippen molar-refractivity contribution in [2.24, 2.45) is 5.92 Å². The van der Waals surface area contributed by atoms with E-state index in [0.29, 0.717) is 23.9 Å². The number of aromatic nitrogens is 1. The summed E-state index contributed by atoms with van der Waals surface area (Å²) in [6, 6.07) is 1.70. The Hall–Kier alpha value is -1.40. The standard InChI is InChI=1S/C14H23N3O3/c1-11-9-13(16-20-11)15-14(19)4-7-17-6-2-3-12(10-17)5-8-18/h9,12,18H,2-8,10H2,1H3,(H,15,16,19). The average molecular weight is 281 g/mol. The van der Waals surface area contributed by atoms with Crippen molar-refractivity contribution in [3.05, 3.63) is 11.8 Å². The summed E-state index contributed by atoms with van der Waals surface area (Å²) in [5, 5.41) is 15.5. The molecule has 2 N–H and O–H groups in total. The highest BCUT2D eigenvalue weighted by atomic mass is 16.5. The van der Waals surface area contributed by atoms with Crippen LogP contribution in [0, 0.1) is 12.8 Å². The van der Waals surface area contributed by atoms with Gasteiger partial charge < -0.3 is 19.8 Å². The number of hydrogen-bond acceptors (Lipinski definition) is 5. The summed E-state index contributed by atoms with van der Waals surface area (Å²) >= 11 is 0. The lowest BCUT2D eigenvalue weighted by molar-refractivity contribution is -0.116. The molecule has 0 radical (unpaired) electrons. The number of likely N-dealkylation sites (tertiary alicyclic amines) is 1. The maximum Gasteiger partial charge on any atom is 0.226 e. The molecule has 6 heteroatoms. The van der Waals surface area contributed by atoms with Crippen molar-refractivity contribution in [3.8, 4) is 0 Å². The molecule has 0 bridgehead atoms. The molecule has 1 aromatic rings. The number of carbonyl (C=O) groups excluding carboxylic acids is 1. The van der Waals surface area contributed by atoms with Gasteiger partial charge in [-0.3, -0.25) is 4.79 Å². The second-order valence-electron chi connectivity index (χ2n) is 5.44. The number of aliphatic hydroxyl groups is 1. The molecule has 1 aliphatic rings. The van der Waals surface area contributed by atoms with Crippen LogP contribution in [0.3, 0.4) is 0 Å². The van der Waals surface area contributed by atoms with Crippen LogP contribution in [0.5, 0.6) is 0 Å². The van der Waals surface area contributed by atoms with Crippen LogP contribution < -0.4 is 5.32 Å². The first-order valence-corrected chi connectivity index (χ1v) is 7.23. The molecule has 1 amide bonds. The summed E-state index contributed by atoms with van der Waals surface area (Å²) in [6.45, 7) is 4.82. The number of amides is 1. The van der Waals surface area contributed by atoms with E-state index in [4.69, 9.17) is 9.63 Å². The van der Waals surface area contributed by atoms with Crippen LogP contribution in [-0.4, -0.2) is 47.3 Å². The van der Waals surface area contributed by atoms with Gasteiger partial charge >= 0.3 is 0 Å². The lowest BCUT2D eigenvalue weighted by atomic mass is 9.95. The molecule has 1 fully saturated rings. The molecule has 2 heterocycles. The lowest BCUT2D eigenvalue weighted by Crippen LogP contribution is -2.37. The Balaban J connectivity index is 1.70. The summed E-state index contributed by atoms with van der Waals surface area (Å²) in [5.74, 6) is 1.69. The zero-order valence-electron chi connectivity index (χ0n) is 12.0. The van der Waals surface area contributed by atoms with Crippen LogP contribution in [0.15, 0.2) is 10.6 Å². The molecule has 1 aliphatic heterocycles. The van der Waals surface area contributed by atoms with Crippen LogP contribution in [0.4, 0.5) is 5.82 Å². The second kappa shape index (κ2) is 7.40. The van der Waals surface area contributed by atoms with Crippen molar-refractivity contribution in [2.45, 2.75) is 32.6 Å². The molecule has 1 atom stereocenters. The first kappa shape index (κ1) is 15.0. The Labute approximate surface area is 119 Å². The molecule has 6 nitrogen and oxygen atoms in total. The molecule has 1 unspecified atom stereocenters. The van der Waals surface area contributed by atoms with E-state index in [1.54, 1.807) is 13.0 Å². The van der Waals surface area contributed by atoms with Crippen LogP contribution in [0.25, 0.3) is 0 Å². The summed E-state index contributed by atoms with van der Waals surface area (Å²) in [6.07, 6.45) is 3.65. The van der Waals surface area contributed by atoms with Crippen LogP contribution in [0.2, 0.25) is 0 Å². The van der Waals surface area contributed by atoms with E-state index in [1.165, 1.54) is 6.42 Å². The van der Waals surface area contributed by atoms with Crippen molar-refractivity contribution >= 4 is 11.7 Å². The highest BCUT2D eigenvalue weighted by molar-refractivity contribution is 5.89. The topological polar surface area (TPSA) is 78.6 Å². The molecular weight excluding hydrogens is 258 g/mol. The molecule has 112 valence electrons. The minimum Gasteiger partial charge on any atom is -0.396 e. The molecule has 1 aromatic heterocycles. The quantitative estimate of drug-likeness (QED) is 0.824. The fourth-order valence-corrected chi connectivity index (χ4v) is 2.66. The molecule has 0 saturated carbocycles. The van der Waals surface area contributed by atoms with Crippen LogP contribution in [-0.2, 0) is 4.79 Å². The molecule has 0 aromatic carbocycles. The van der Waals surface area contributed by atoms with Crippen LogP contribution in [0.1, 0.15) is 31.4 Å². The van der Waals surface area contributed by atoms with Gasteiger partial charge in [-0.15, -0.1) is 0 Å². The van der Waals surface area contributed by atoms with Crippen molar-refractivity contribution < 1.29 is 14.4 Å². The van der Waals surface area contributed by atoms with E-state index in [1.807, 2.05) is 0 Å². The van der Waals surface area contributed by atoms with Gasteiger partial charge in [-0.05, 0) is 38.6 Å². The monoisotopic (exact) mass is 281 g/mol. The first-order chi connectivity index (χ1) is 9.67. The number of aryl methyl sites for hydroxylation is 1. The largest absolute Gasteiger partial charge is 0.396 e. The number of nitrogens with one attached hydrogen (secondary N) is 1. The Morgan fingerprint density at radius 2 is 2.50 bits per heavy atom. The predicted octanol–water partition coefficient (Wildman–Crippen LogP) is 1.41. The van der Waals surface area contributed by atoms with E-state index in [0.717, 1.165) is 32.5 Å². The lowest BCUT2D eigenvalue weighted by Gasteiger charge is -2.32. The van der Waals surface area contributed by atoms with Gasteiger partial charge in [0.25, 0.3) is 0 Å².